The van der Waals surface area contributed by atoms with Crippen molar-refractivity contribution in [3.8, 4) is 11.4 Å². The molecule has 2 aromatic heterocycles. The monoisotopic (exact) mass is 477 g/mol. The van der Waals surface area contributed by atoms with Crippen LogP contribution in [0, 0.1) is 6.92 Å². The molecule has 8 nitrogen and oxygen atoms in total. The van der Waals surface area contributed by atoms with Crippen LogP contribution < -0.4 is 15.6 Å². The third kappa shape index (κ3) is 4.42. The second kappa shape index (κ2) is 9.88. The standard InChI is InChI=1S/C25H23N3O5S/c1-4-32-19-12-7-6-11-17(19)22(29)26-23-20-18(14-34-23)21(25(31)33-5-2)27-28(24(20)30)16-10-8-9-15(3)13-16/h6-14H,4-5H2,1-3H3,(H,26,29). The molecule has 0 aliphatic carbocycles. The second-order valence-electron chi connectivity index (χ2n) is 7.36. The van der Waals surface area contributed by atoms with Gasteiger partial charge in [-0.1, -0.05) is 24.3 Å². The van der Waals surface area contributed by atoms with Gasteiger partial charge in [0.05, 0.1) is 29.9 Å². The Morgan fingerprint density at radius 1 is 1.09 bits per heavy atom. The highest BCUT2D eigenvalue weighted by molar-refractivity contribution is 7.16. The van der Waals surface area contributed by atoms with Crippen LogP contribution in [0.15, 0.2) is 58.7 Å². The molecule has 0 aliphatic rings. The largest absolute Gasteiger partial charge is 0.493 e. The number of para-hydroxylation sites is 1. The number of thiophene rings is 1. The maximum absolute atomic E-state index is 13.5. The van der Waals surface area contributed by atoms with E-state index in [1.165, 1.54) is 0 Å². The number of aryl methyl sites for hydroxylation is 1. The number of nitrogens with zero attached hydrogens (tertiary/aromatic N) is 2. The van der Waals surface area contributed by atoms with E-state index in [0.29, 0.717) is 34.0 Å². The van der Waals surface area contributed by atoms with E-state index < -0.39 is 17.4 Å². The lowest BCUT2D eigenvalue weighted by Gasteiger charge is -2.11. The summed E-state index contributed by atoms with van der Waals surface area (Å²) >= 11 is 1.14. The molecule has 2 aromatic carbocycles. The fourth-order valence-corrected chi connectivity index (χ4v) is 4.46. The Labute approximate surface area is 199 Å². The number of ether oxygens (including phenoxy) is 2. The minimum Gasteiger partial charge on any atom is -0.493 e. The van der Waals surface area contributed by atoms with Crippen LogP contribution in [0.2, 0.25) is 0 Å². The number of carbonyl (C=O) groups is 2. The molecule has 0 saturated carbocycles. The molecule has 0 unspecified atom stereocenters. The molecule has 0 fully saturated rings. The summed E-state index contributed by atoms with van der Waals surface area (Å²) in [6.45, 7) is 5.99. The van der Waals surface area contributed by atoms with Crippen molar-refractivity contribution in [2.45, 2.75) is 20.8 Å². The van der Waals surface area contributed by atoms with Gasteiger partial charge in [-0.25, -0.2) is 4.79 Å². The van der Waals surface area contributed by atoms with Crippen molar-refractivity contribution in [2.24, 2.45) is 0 Å². The van der Waals surface area contributed by atoms with Crippen LogP contribution in [0.1, 0.15) is 40.3 Å². The molecule has 0 saturated heterocycles. The number of fused-ring (bicyclic) bond motifs is 1. The number of amides is 1. The quantitative estimate of drug-likeness (QED) is 0.391. The predicted molar refractivity (Wildman–Crippen MR) is 131 cm³/mol. The van der Waals surface area contributed by atoms with Gasteiger partial charge in [0.1, 0.15) is 10.8 Å². The molecule has 0 radical (unpaired) electrons. The number of rotatable bonds is 7. The van der Waals surface area contributed by atoms with Crippen LogP contribution in [0.5, 0.6) is 5.75 Å². The van der Waals surface area contributed by atoms with Gasteiger partial charge in [-0.3, -0.25) is 9.59 Å². The van der Waals surface area contributed by atoms with Crippen LogP contribution >= 0.6 is 11.3 Å². The normalized spacial score (nSPS) is 10.8. The second-order valence-corrected chi connectivity index (χ2v) is 8.24. The van der Waals surface area contributed by atoms with Crippen molar-refractivity contribution in [3.63, 3.8) is 0 Å². The summed E-state index contributed by atoms with van der Waals surface area (Å²) in [6.07, 6.45) is 0. The van der Waals surface area contributed by atoms with Crippen LogP contribution in [-0.2, 0) is 4.74 Å². The van der Waals surface area contributed by atoms with Crippen molar-refractivity contribution in [2.75, 3.05) is 18.5 Å². The minimum atomic E-state index is -0.647. The zero-order chi connectivity index (χ0) is 24.2. The summed E-state index contributed by atoms with van der Waals surface area (Å²) in [6, 6.07) is 14.1. The van der Waals surface area contributed by atoms with E-state index in [1.807, 2.05) is 19.9 Å². The van der Waals surface area contributed by atoms with Crippen molar-refractivity contribution in [3.05, 3.63) is 81.1 Å². The molecule has 34 heavy (non-hydrogen) atoms. The highest BCUT2D eigenvalue weighted by atomic mass is 32.1. The SMILES string of the molecule is CCOC(=O)c1nn(-c2cccc(C)c2)c(=O)c2c(NC(=O)c3ccccc3OCC)scc12. The van der Waals surface area contributed by atoms with Gasteiger partial charge < -0.3 is 14.8 Å². The molecular weight excluding hydrogens is 454 g/mol. The fourth-order valence-electron chi connectivity index (χ4n) is 3.53. The summed E-state index contributed by atoms with van der Waals surface area (Å²) in [5.74, 6) is -0.635. The number of anilines is 1. The number of hydrogen-bond donors (Lipinski definition) is 1. The van der Waals surface area contributed by atoms with Crippen LogP contribution in [0.4, 0.5) is 5.00 Å². The first kappa shape index (κ1) is 23.2. The van der Waals surface area contributed by atoms with E-state index in [4.69, 9.17) is 9.47 Å². The molecule has 4 aromatic rings. The molecule has 0 atom stereocenters. The van der Waals surface area contributed by atoms with E-state index in [2.05, 4.69) is 10.4 Å². The highest BCUT2D eigenvalue weighted by Crippen LogP contribution is 2.32. The summed E-state index contributed by atoms with van der Waals surface area (Å²) in [5, 5.41) is 9.59. The average molecular weight is 478 g/mol. The number of carbonyl (C=O) groups excluding carboxylic acids is 2. The predicted octanol–water partition coefficient (Wildman–Crippen LogP) is 4.58. The first-order valence-electron chi connectivity index (χ1n) is 10.8. The average Bonchev–Trinajstić information content (AvgIpc) is 3.24. The lowest BCUT2D eigenvalue weighted by molar-refractivity contribution is 0.0520. The molecule has 1 N–H and O–H groups in total. The van der Waals surface area contributed by atoms with Gasteiger partial charge in [-0.05, 0) is 50.6 Å². The van der Waals surface area contributed by atoms with E-state index in [0.717, 1.165) is 21.6 Å². The topological polar surface area (TPSA) is 99.5 Å². The van der Waals surface area contributed by atoms with E-state index >= 15 is 0 Å². The van der Waals surface area contributed by atoms with Crippen molar-refractivity contribution in [1.29, 1.82) is 0 Å². The third-order valence-electron chi connectivity index (χ3n) is 5.03. The Morgan fingerprint density at radius 3 is 2.62 bits per heavy atom. The maximum atomic E-state index is 13.5. The van der Waals surface area contributed by atoms with Gasteiger partial charge in [0.25, 0.3) is 11.5 Å². The molecule has 9 heteroatoms. The van der Waals surface area contributed by atoms with Crippen LogP contribution in [0.25, 0.3) is 16.5 Å². The third-order valence-corrected chi connectivity index (χ3v) is 5.92. The van der Waals surface area contributed by atoms with Gasteiger partial charge in [0.2, 0.25) is 0 Å². The van der Waals surface area contributed by atoms with Gasteiger partial charge >= 0.3 is 5.97 Å². The number of hydrogen-bond acceptors (Lipinski definition) is 7. The first-order chi connectivity index (χ1) is 16.4. The van der Waals surface area contributed by atoms with Gasteiger partial charge in [-0.2, -0.15) is 9.78 Å². The Bertz CT molecular complexity index is 1440. The zero-order valence-corrected chi connectivity index (χ0v) is 19.8. The Morgan fingerprint density at radius 2 is 1.88 bits per heavy atom. The molecule has 1 amide bonds. The molecule has 2 heterocycles. The highest BCUT2D eigenvalue weighted by Gasteiger charge is 2.24. The van der Waals surface area contributed by atoms with Crippen molar-refractivity contribution in [1.82, 2.24) is 9.78 Å². The smallest absolute Gasteiger partial charge is 0.359 e. The molecule has 0 bridgehead atoms. The van der Waals surface area contributed by atoms with Crippen LogP contribution in [0.3, 0.4) is 0 Å². The van der Waals surface area contributed by atoms with Crippen LogP contribution in [-0.4, -0.2) is 34.9 Å². The summed E-state index contributed by atoms with van der Waals surface area (Å²) < 4.78 is 11.9. The number of nitrogens with one attached hydrogen (secondary N) is 1. The number of aromatic nitrogens is 2. The van der Waals surface area contributed by atoms with E-state index in [-0.39, 0.29) is 17.7 Å². The fraction of sp³-hybridized carbons (Fsp3) is 0.200. The number of benzene rings is 2. The molecule has 0 aliphatic heterocycles. The Kier molecular flexibility index (Phi) is 6.74. The minimum absolute atomic E-state index is 0.00409. The summed E-state index contributed by atoms with van der Waals surface area (Å²) in [7, 11) is 0. The Balaban J connectivity index is 1.87. The molecule has 4 rings (SSSR count). The maximum Gasteiger partial charge on any atom is 0.359 e. The lowest BCUT2D eigenvalue weighted by Crippen LogP contribution is -2.25. The van der Waals surface area contributed by atoms with E-state index in [1.54, 1.807) is 54.8 Å². The number of esters is 1. The molecular formula is C25H23N3O5S. The Hall–Kier alpha value is -3.98. The molecule has 0 spiro atoms. The van der Waals surface area contributed by atoms with E-state index in [9.17, 15) is 14.4 Å². The van der Waals surface area contributed by atoms with Crippen molar-refractivity contribution >= 4 is 39.0 Å². The summed E-state index contributed by atoms with van der Waals surface area (Å²) in [4.78, 5) is 39.3. The zero-order valence-electron chi connectivity index (χ0n) is 19.0. The lowest BCUT2D eigenvalue weighted by atomic mass is 10.1. The summed E-state index contributed by atoms with van der Waals surface area (Å²) in [5.41, 5.74) is 1.32. The van der Waals surface area contributed by atoms with Gasteiger partial charge in [-0.15, -0.1) is 11.3 Å². The van der Waals surface area contributed by atoms with Gasteiger partial charge in [0, 0.05) is 10.8 Å². The molecule has 174 valence electrons. The van der Waals surface area contributed by atoms with Crippen molar-refractivity contribution < 1.29 is 19.1 Å². The first-order valence-corrected chi connectivity index (χ1v) is 11.6. The van der Waals surface area contributed by atoms with Gasteiger partial charge in [0.15, 0.2) is 5.69 Å².